The number of esters is 1. The van der Waals surface area contributed by atoms with Gasteiger partial charge in [0.05, 0.1) is 37.5 Å². The van der Waals surface area contributed by atoms with Crippen molar-refractivity contribution in [3.63, 3.8) is 0 Å². The summed E-state index contributed by atoms with van der Waals surface area (Å²) in [7, 11) is 0.247. The molecule has 3 aromatic rings. The molecule has 0 bridgehead atoms. The lowest BCUT2D eigenvalue weighted by molar-refractivity contribution is -0.118. The number of anilines is 2. The molecule has 0 aliphatic rings. The summed E-state index contributed by atoms with van der Waals surface area (Å²) in [6.45, 7) is 3.44. The zero-order valence-corrected chi connectivity index (χ0v) is 21.9. The molecule has 3 rings (SSSR count). The van der Waals surface area contributed by atoms with Crippen LogP contribution in [0.1, 0.15) is 21.5 Å². The van der Waals surface area contributed by atoms with Crippen LogP contribution in [0, 0.1) is 13.8 Å². The van der Waals surface area contributed by atoms with Crippen LogP contribution in [-0.2, 0) is 19.6 Å². The molecule has 0 heterocycles. The molecule has 0 atom stereocenters. The number of methoxy groups -OCH3 is 3. The summed E-state index contributed by atoms with van der Waals surface area (Å²) < 4.78 is 48.7. The Hall–Kier alpha value is -4.25. The lowest BCUT2D eigenvalue weighted by Crippen LogP contribution is -2.22. The molecule has 0 aliphatic carbocycles. The highest BCUT2D eigenvalue weighted by Crippen LogP contribution is 2.33. The number of sulfonamides is 1. The van der Waals surface area contributed by atoms with Crippen LogP contribution >= 0.6 is 0 Å². The lowest BCUT2D eigenvalue weighted by atomic mass is 10.1. The number of carbonyl (C=O) groups excluding carboxylic acids is 2. The van der Waals surface area contributed by atoms with E-state index >= 15 is 0 Å². The van der Waals surface area contributed by atoms with Gasteiger partial charge in [0.2, 0.25) is 0 Å². The zero-order valence-electron chi connectivity index (χ0n) is 21.1. The first-order valence-corrected chi connectivity index (χ1v) is 12.5. The molecule has 0 saturated carbocycles. The Kier molecular flexibility index (Phi) is 8.61. The van der Waals surface area contributed by atoms with Crippen LogP contribution < -0.4 is 24.2 Å². The second-order valence-electron chi connectivity index (χ2n) is 7.96. The normalized spacial score (nSPS) is 10.8. The average molecular weight is 529 g/mol. The molecule has 0 aromatic heterocycles. The number of hydrogen-bond donors (Lipinski definition) is 2. The number of rotatable bonds is 10. The molecule has 10 nitrogen and oxygen atoms in total. The van der Waals surface area contributed by atoms with E-state index in [9.17, 15) is 18.0 Å². The SMILES string of the molecule is COC(=O)c1cc(OC)c(OC)cc1NC(=O)COc1ccc(S(=O)(=O)Nc2ccc(C)c(C)c2)cc1. The van der Waals surface area contributed by atoms with Crippen molar-refractivity contribution in [1.82, 2.24) is 0 Å². The zero-order chi connectivity index (χ0) is 27.2. The molecule has 0 spiro atoms. The monoisotopic (exact) mass is 528 g/mol. The predicted octanol–water partition coefficient (Wildman–Crippen LogP) is 3.93. The Labute approximate surface area is 215 Å². The fourth-order valence-corrected chi connectivity index (χ4v) is 4.38. The van der Waals surface area contributed by atoms with Gasteiger partial charge in [0.1, 0.15) is 5.75 Å². The Balaban J connectivity index is 1.67. The minimum Gasteiger partial charge on any atom is -0.493 e. The Morgan fingerprint density at radius 3 is 2.08 bits per heavy atom. The first kappa shape index (κ1) is 27.3. The summed E-state index contributed by atoms with van der Waals surface area (Å²) in [5, 5.41) is 2.59. The molecule has 0 radical (unpaired) electrons. The van der Waals surface area contributed by atoms with E-state index < -0.39 is 28.5 Å². The highest BCUT2D eigenvalue weighted by atomic mass is 32.2. The maximum atomic E-state index is 12.7. The fourth-order valence-electron chi connectivity index (χ4n) is 3.33. The molecular weight excluding hydrogens is 500 g/mol. The van der Waals surface area contributed by atoms with Crippen molar-refractivity contribution in [3.05, 3.63) is 71.3 Å². The van der Waals surface area contributed by atoms with Crippen LogP contribution in [0.3, 0.4) is 0 Å². The Morgan fingerprint density at radius 2 is 1.49 bits per heavy atom. The van der Waals surface area contributed by atoms with Gasteiger partial charge in [-0.1, -0.05) is 6.07 Å². The molecule has 11 heteroatoms. The van der Waals surface area contributed by atoms with E-state index in [2.05, 4.69) is 10.0 Å². The Bertz CT molecular complexity index is 1400. The van der Waals surface area contributed by atoms with E-state index in [0.29, 0.717) is 17.2 Å². The number of aryl methyl sites for hydroxylation is 2. The number of nitrogens with one attached hydrogen (secondary N) is 2. The highest BCUT2D eigenvalue weighted by Gasteiger charge is 2.20. The van der Waals surface area contributed by atoms with Crippen LogP contribution in [-0.4, -0.2) is 48.2 Å². The highest BCUT2D eigenvalue weighted by molar-refractivity contribution is 7.92. The second kappa shape index (κ2) is 11.7. The van der Waals surface area contributed by atoms with Crippen molar-refractivity contribution in [2.45, 2.75) is 18.7 Å². The molecule has 0 saturated heterocycles. The van der Waals surface area contributed by atoms with Crippen molar-refractivity contribution < 1.29 is 37.0 Å². The minimum absolute atomic E-state index is 0.0376. The van der Waals surface area contributed by atoms with Crippen molar-refractivity contribution >= 4 is 33.3 Å². The average Bonchev–Trinajstić information content (AvgIpc) is 2.89. The second-order valence-corrected chi connectivity index (χ2v) is 9.64. The molecule has 3 aromatic carbocycles. The van der Waals surface area contributed by atoms with Crippen molar-refractivity contribution in [2.75, 3.05) is 38.0 Å². The molecule has 0 fully saturated rings. The molecule has 1 amide bonds. The molecule has 0 unspecified atom stereocenters. The van der Waals surface area contributed by atoms with E-state index in [1.165, 1.54) is 57.7 Å². The van der Waals surface area contributed by atoms with Gasteiger partial charge in [0.15, 0.2) is 18.1 Å². The molecule has 2 N–H and O–H groups in total. The van der Waals surface area contributed by atoms with Crippen LogP contribution in [0.15, 0.2) is 59.5 Å². The van der Waals surface area contributed by atoms with E-state index in [-0.39, 0.29) is 21.9 Å². The third kappa shape index (κ3) is 6.70. The van der Waals surface area contributed by atoms with Gasteiger partial charge in [0, 0.05) is 17.8 Å². The first-order chi connectivity index (χ1) is 17.6. The number of hydrogen-bond acceptors (Lipinski definition) is 8. The lowest BCUT2D eigenvalue weighted by Gasteiger charge is -2.15. The maximum Gasteiger partial charge on any atom is 0.340 e. The van der Waals surface area contributed by atoms with Gasteiger partial charge in [-0.15, -0.1) is 0 Å². The molecular formula is C26H28N2O8S. The number of ether oxygens (including phenoxy) is 4. The fraction of sp³-hybridized carbons (Fsp3) is 0.231. The van der Waals surface area contributed by atoms with Crippen LogP contribution in [0.25, 0.3) is 0 Å². The van der Waals surface area contributed by atoms with Gasteiger partial charge < -0.3 is 24.3 Å². The van der Waals surface area contributed by atoms with Crippen LogP contribution in [0.5, 0.6) is 17.2 Å². The van der Waals surface area contributed by atoms with Crippen molar-refractivity contribution in [3.8, 4) is 17.2 Å². The van der Waals surface area contributed by atoms with E-state index in [4.69, 9.17) is 18.9 Å². The standard InChI is InChI=1S/C26H28N2O8S/c1-16-6-7-18(12-17(16)2)28-37(31,32)20-10-8-19(9-11-20)36-15-25(29)27-22-14-24(34-4)23(33-3)13-21(22)26(30)35-5/h6-14,28H,15H2,1-5H3,(H,27,29). The Morgan fingerprint density at radius 1 is 0.838 bits per heavy atom. The van der Waals surface area contributed by atoms with Crippen LogP contribution in [0.4, 0.5) is 11.4 Å². The van der Waals surface area contributed by atoms with Crippen molar-refractivity contribution in [2.24, 2.45) is 0 Å². The minimum atomic E-state index is -3.81. The number of amides is 1. The van der Waals surface area contributed by atoms with Gasteiger partial charge >= 0.3 is 5.97 Å². The van der Waals surface area contributed by atoms with Gasteiger partial charge in [-0.05, 0) is 61.4 Å². The smallest absolute Gasteiger partial charge is 0.340 e. The largest absolute Gasteiger partial charge is 0.493 e. The summed E-state index contributed by atoms with van der Waals surface area (Å²) in [4.78, 5) is 24.7. The number of benzene rings is 3. The quantitative estimate of drug-likeness (QED) is 0.379. The van der Waals surface area contributed by atoms with E-state index in [1.807, 2.05) is 19.9 Å². The third-order valence-electron chi connectivity index (χ3n) is 5.47. The summed E-state index contributed by atoms with van der Waals surface area (Å²) in [6.07, 6.45) is 0. The van der Waals surface area contributed by atoms with Gasteiger partial charge in [0.25, 0.3) is 15.9 Å². The summed E-state index contributed by atoms with van der Waals surface area (Å²) >= 11 is 0. The molecule has 0 aliphatic heterocycles. The van der Waals surface area contributed by atoms with Crippen LogP contribution in [0.2, 0.25) is 0 Å². The van der Waals surface area contributed by atoms with Gasteiger partial charge in [-0.2, -0.15) is 0 Å². The van der Waals surface area contributed by atoms with Crippen molar-refractivity contribution in [1.29, 1.82) is 0 Å². The van der Waals surface area contributed by atoms with Gasteiger partial charge in [-0.25, -0.2) is 13.2 Å². The number of carbonyl (C=O) groups is 2. The first-order valence-electron chi connectivity index (χ1n) is 11.0. The predicted molar refractivity (Wildman–Crippen MR) is 138 cm³/mol. The summed E-state index contributed by atoms with van der Waals surface area (Å²) in [5.74, 6) is -0.369. The topological polar surface area (TPSA) is 129 Å². The van der Waals surface area contributed by atoms with E-state index in [0.717, 1.165) is 11.1 Å². The summed E-state index contributed by atoms with van der Waals surface area (Å²) in [5.41, 5.74) is 2.70. The third-order valence-corrected chi connectivity index (χ3v) is 6.86. The summed E-state index contributed by atoms with van der Waals surface area (Å²) in [6, 6.07) is 13.8. The molecule has 196 valence electrons. The van der Waals surface area contributed by atoms with Gasteiger partial charge in [-0.3, -0.25) is 9.52 Å². The molecule has 37 heavy (non-hydrogen) atoms. The van der Waals surface area contributed by atoms with E-state index in [1.54, 1.807) is 12.1 Å². The maximum absolute atomic E-state index is 12.7.